The molecule has 3 rings (SSSR count). The first kappa shape index (κ1) is 16.1. The van der Waals surface area contributed by atoms with E-state index >= 15 is 0 Å². The number of ether oxygens (including phenoxy) is 1. The van der Waals surface area contributed by atoms with Gasteiger partial charge in [-0.2, -0.15) is 0 Å². The van der Waals surface area contributed by atoms with Gasteiger partial charge in [0.1, 0.15) is 11.4 Å². The number of anilines is 1. The fourth-order valence-electron chi connectivity index (χ4n) is 3.28. The number of nitrogens with one attached hydrogen (secondary N) is 1. The lowest BCUT2D eigenvalue weighted by molar-refractivity contribution is 0.0228. The zero-order valence-electron chi connectivity index (χ0n) is 14.6. The van der Waals surface area contributed by atoms with Crippen LogP contribution >= 0.6 is 0 Å². The summed E-state index contributed by atoms with van der Waals surface area (Å²) in [5, 5.41) is 3.38. The lowest BCUT2D eigenvalue weighted by atomic mass is 10.0. The summed E-state index contributed by atoms with van der Waals surface area (Å²) in [5.74, 6) is 0.867. The summed E-state index contributed by atoms with van der Waals surface area (Å²) in [6.07, 6.45) is 3.33. The minimum Gasteiger partial charge on any atom is -0.444 e. The second-order valence-corrected chi connectivity index (χ2v) is 8.01. The first-order chi connectivity index (χ1) is 10.8. The maximum Gasteiger partial charge on any atom is 0.410 e. The van der Waals surface area contributed by atoms with E-state index in [9.17, 15) is 4.79 Å². The van der Waals surface area contributed by atoms with E-state index in [2.05, 4.69) is 10.3 Å². The number of aromatic nitrogens is 1. The maximum absolute atomic E-state index is 12.5. The summed E-state index contributed by atoms with van der Waals surface area (Å²) in [4.78, 5) is 18.9. The van der Waals surface area contributed by atoms with E-state index in [1.54, 1.807) is 0 Å². The first-order valence-electron chi connectivity index (χ1n) is 8.44. The third-order valence-electron chi connectivity index (χ3n) is 4.61. The molecule has 1 N–H and O–H groups in total. The first-order valence-corrected chi connectivity index (χ1v) is 8.44. The molecule has 1 saturated carbocycles. The summed E-state index contributed by atoms with van der Waals surface area (Å²) in [5.41, 5.74) is 0.888. The van der Waals surface area contributed by atoms with E-state index in [0.717, 1.165) is 31.0 Å². The molecule has 126 valence electrons. The van der Waals surface area contributed by atoms with Crippen LogP contribution in [0.25, 0.3) is 0 Å². The SMILES string of the molecule is Cc1cccc(NC[C@@H]2CC3(CC3)CN2C(=O)OC(C)(C)C)n1. The van der Waals surface area contributed by atoms with Crippen molar-refractivity contribution in [2.24, 2.45) is 5.41 Å². The van der Waals surface area contributed by atoms with Crippen LogP contribution in [0.4, 0.5) is 10.6 Å². The summed E-state index contributed by atoms with van der Waals surface area (Å²) in [7, 11) is 0. The number of amides is 1. The zero-order valence-corrected chi connectivity index (χ0v) is 14.6. The number of hydrogen-bond donors (Lipinski definition) is 1. The molecule has 23 heavy (non-hydrogen) atoms. The third-order valence-corrected chi connectivity index (χ3v) is 4.61. The van der Waals surface area contributed by atoms with Crippen LogP contribution in [0.15, 0.2) is 18.2 Å². The average molecular weight is 317 g/mol. The number of pyridine rings is 1. The largest absolute Gasteiger partial charge is 0.444 e. The van der Waals surface area contributed by atoms with Crippen LogP contribution in [0.1, 0.15) is 45.7 Å². The third kappa shape index (κ3) is 3.95. The maximum atomic E-state index is 12.5. The van der Waals surface area contributed by atoms with Crippen molar-refractivity contribution in [2.75, 3.05) is 18.4 Å². The van der Waals surface area contributed by atoms with Crippen molar-refractivity contribution in [1.29, 1.82) is 0 Å². The van der Waals surface area contributed by atoms with Crippen molar-refractivity contribution in [3.05, 3.63) is 23.9 Å². The number of carbonyl (C=O) groups is 1. The standard InChI is InChI=1S/C18H27N3O2/c1-13-6-5-7-15(20-13)19-11-14-10-18(8-9-18)12-21(14)16(22)23-17(2,3)4/h5-7,14H,8-12H2,1-4H3,(H,19,20)/t14-/m0/s1. The van der Waals surface area contributed by atoms with Crippen molar-refractivity contribution in [3.63, 3.8) is 0 Å². The number of aryl methyl sites for hydroxylation is 1. The Morgan fingerprint density at radius 2 is 2.17 bits per heavy atom. The van der Waals surface area contributed by atoms with E-state index in [1.807, 2.05) is 50.8 Å². The Hall–Kier alpha value is -1.78. The highest BCUT2D eigenvalue weighted by atomic mass is 16.6. The van der Waals surface area contributed by atoms with Gasteiger partial charge in [0.2, 0.25) is 0 Å². The Balaban J connectivity index is 1.65. The van der Waals surface area contributed by atoms with Crippen LogP contribution in [0.5, 0.6) is 0 Å². The molecule has 1 atom stereocenters. The Morgan fingerprint density at radius 3 is 2.78 bits per heavy atom. The molecule has 1 aromatic heterocycles. The zero-order chi connectivity index (χ0) is 16.7. The second kappa shape index (κ2) is 5.69. The summed E-state index contributed by atoms with van der Waals surface area (Å²) in [6.45, 7) is 9.27. The topological polar surface area (TPSA) is 54.5 Å². The molecule has 2 heterocycles. The minimum atomic E-state index is -0.452. The van der Waals surface area contributed by atoms with E-state index < -0.39 is 5.60 Å². The molecule has 1 spiro atoms. The van der Waals surface area contributed by atoms with Crippen LogP contribution < -0.4 is 5.32 Å². The minimum absolute atomic E-state index is 0.176. The monoisotopic (exact) mass is 317 g/mol. The van der Waals surface area contributed by atoms with Gasteiger partial charge in [-0.05, 0) is 64.5 Å². The molecule has 1 amide bonds. The van der Waals surface area contributed by atoms with Gasteiger partial charge in [0.15, 0.2) is 0 Å². The Labute approximate surface area is 138 Å². The highest BCUT2D eigenvalue weighted by Crippen LogP contribution is 2.54. The fourth-order valence-corrected chi connectivity index (χ4v) is 3.28. The van der Waals surface area contributed by atoms with Gasteiger partial charge in [0.25, 0.3) is 0 Å². The van der Waals surface area contributed by atoms with Crippen molar-refractivity contribution < 1.29 is 9.53 Å². The molecule has 0 radical (unpaired) electrons. The average Bonchev–Trinajstić information content (AvgIpc) is 3.07. The molecule has 2 fully saturated rings. The molecule has 0 bridgehead atoms. The van der Waals surface area contributed by atoms with E-state index in [0.29, 0.717) is 5.41 Å². The van der Waals surface area contributed by atoms with Crippen LogP contribution in [-0.2, 0) is 4.74 Å². The second-order valence-electron chi connectivity index (χ2n) is 8.01. The molecule has 2 aliphatic rings. The van der Waals surface area contributed by atoms with Gasteiger partial charge in [0.05, 0.1) is 6.04 Å². The van der Waals surface area contributed by atoms with Crippen LogP contribution in [-0.4, -0.2) is 40.7 Å². The molecule has 0 aromatic carbocycles. The lowest BCUT2D eigenvalue weighted by Crippen LogP contribution is -2.42. The predicted octanol–water partition coefficient (Wildman–Crippen LogP) is 3.59. The number of hydrogen-bond acceptors (Lipinski definition) is 4. The van der Waals surface area contributed by atoms with Gasteiger partial charge in [-0.1, -0.05) is 6.07 Å². The van der Waals surface area contributed by atoms with Crippen LogP contribution in [0, 0.1) is 12.3 Å². The van der Waals surface area contributed by atoms with Crippen molar-refractivity contribution in [3.8, 4) is 0 Å². The molecular formula is C18H27N3O2. The quantitative estimate of drug-likeness (QED) is 0.925. The fraction of sp³-hybridized carbons (Fsp3) is 0.667. The molecule has 0 unspecified atom stereocenters. The molecule has 1 aliphatic heterocycles. The van der Waals surface area contributed by atoms with Crippen molar-refractivity contribution >= 4 is 11.9 Å². The van der Waals surface area contributed by atoms with Gasteiger partial charge in [-0.25, -0.2) is 9.78 Å². The van der Waals surface area contributed by atoms with Gasteiger partial charge < -0.3 is 15.0 Å². The normalized spacial score (nSPS) is 22.3. The molecule has 5 heteroatoms. The molecule has 1 aromatic rings. The molecule has 1 aliphatic carbocycles. The van der Waals surface area contributed by atoms with Crippen LogP contribution in [0.3, 0.4) is 0 Å². The van der Waals surface area contributed by atoms with Gasteiger partial charge in [-0.3, -0.25) is 0 Å². The Kier molecular flexibility index (Phi) is 3.98. The van der Waals surface area contributed by atoms with Gasteiger partial charge in [0, 0.05) is 18.8 Å². The summed E-state index contributed by atoms with van der Waals surface area (Å²) >= 11 is 0. The number of carbonyl (C=O) groups excluding carboxylic acids is 1. The molecular weight excluding hydrogens is 290 g/mol. The number of rotatable bonds is 3. The highest BCUT2D eigenvalue weighted by molar-refractivity contribution is 5.69. The Morgan fingerprint density at radius 1 is 1.43 bits per heavy atom. The summed E-state index contributed by atoms with van der Waals surface area (Å²) in [6, 6.07) is 6.11. The number of nitrogens with zero attached hydrogens (tertiary/aromatic N) is 2. The number of likely N-dealkylation sites (tertiary alicyclic amines) is 1. The molecule has 5 nitrogen and oxygen atoms in total. The van der Waals surface area contributed by atoms with E-state index in [-0.39, 0.29) is 12.1 Å². The smallest absolute Gasteiger partial charge is 0.410 e. The summed E-state index contributed by atoms with van der Waals surface area (Å²) < 4.78 is 5.59. The van der Waals surface area contributed by atoms with Crippen LogP contribution in [0.2, 0.25) is 0 Å². The molecule has 1 saturated heterocycles. The predicted molar refractivity (Wildman–Crippen MR) is 90.5 cm³/mol. The lowest BCUT2D eigenvalue weighted by Gasteiger charge is -2.28. The van der Waals surface area contributed by atoms with E-state index in [4.69, 9.17) is 4.74 Å². The van der Waals surface area contributed by atoms with Crippen molar-refractivity contribution in [2.45, 2.75) is 58.6 Å². The van der Waals surface area contributed by atoms with Gasteiger partial charge >= 0.3 is 6.09 Å². The van der Waals surface area contributed by atoms with Crippen molar-refractivity contribution in [1.82, 2.24) is 9.88 Å². The Bertz CT molecular complexity index is 590. The van der Waals surface area contributed by atoms with E-state index in [1.165, 1.54) is 12.8 Å². The van der Waals surface area contributed by atoms with Gasteiger partial charge in [-0.15, -0.1) is 0 Å². The highest BCUT2D eigenvalue weighted by Gasteiger charge is 2.53.